The summed E-state index contributed by atoms with van der Waals surface area (Å²) >= 11 is 0. The van der Waals surface area contributed by atoms with E-state index in [1.54, 1.807) is 12.1 Å². The fourth-order valence-electron chi connectivity index (χ4n) is 1.34. The van der Waals surface area contributed by atoms with E-state index >= 15 is 0 Å². The maximum Gasteiger partial charge on any atom is 0.165 e. The fraction of sp³-hybridized carbons (Fsp3) is 0.500. The maximum absolute atomic E-state index is 13.5. The molecule has 0 atom stereocenters. The molecule has 14 heavy (non-hydrogen) atoms. The van der Waals surface area contributed by atoms with Crippen LogP contribution in [-0.2, 0) is 0 Å². The SMILES string of the molecule is CC(C)c1ccc(OC2CC2)c(F)c1. The monoisotopic (exact) mass is 194 g/mol. The minimum Gasteiger partial charge on any atom is -0.487 e. The van der Waals surface area contributed by atoms with Crippen molar-refractivity contribution >= 4 is 0 Å². The van der Waals surface area contributed by atoms with Gasteiger partial charge in [0.15, 0.2) is 11.6 Å². The lowest BCUT2D eigenvalue weighted by Crippen LogP contribution is -1.99. The van der Waals surface area contributed by atoms with Gasteiger partial charge in [-0.05, 0) is 36.5 Å². The largest absolute Gasteiger partial charge is 0.487 e. The molecule has 0 saturated heterocycles. The molecule has 2 rings (SSSR count). The summed E-state index contributed by atoms with van der Waals surface area (Å²) in [6.45, 7) is 4.10. The van der Waals surface area contributed by atoms with E-state index in [0.717, 1.165) is 18.4 Å². The maximum atomic E-state index is 13.5. The fourth-order valence-corrected chi connectivity index (χ4v) is 1.34. The average molecular weight is 194 g/mol. The minimum absolute atomic E-state index is 0.233. The smallest absolute Gasteiger partial charge is 0.165 e. The van der Waals surface area contributed by atoms with E-state index in [-0.39, 0.29) is 11.9 Å². The van der Waals surface area contributed by atoms with E-state index in [0.29, 0.717) is 11.7 Å². The lowest BCUT2D eigenvalue weighted by Gasteiger charge is -2.09. The van der Waals surface area contributed by atoms with E-state index in [4.69, 9.17) is 4.74 Å². The molecule has 0 spiro atoms. The van der Waals surface area contributed by atoms with Gasteiger partial charge in [0, 0.05) is 0 Å². The van der Waals surface area contributed by atoms with Gasteiger partial charge >= 0.3 is 0 Å². The van der Waals surface area contributed by atoms with Crippen molar-refractivity contribution in [2.75, 3.05) is 0 Å². The van der Waals surface area contributed by atoms with E-state index < -0.39 is 0 Å². The second-order valence-electron chi connectivity index (χ2n) is 4.16. The predicted molar refractivity (Wildman–Crippen MR) is 54.1 cm³/mol. The molecule has 0 heterocycles. The van der Waals surface area contributed by atoms with Gasteiger partial charge in [-0.15, -0.1) is 0 Å². The van der Waals surface area contributed by atoms with Crippen LogP contribution in [0.3, 0.4) is 0 Å². The first-order valence-corrected chi connectivity index (χ1v) is 5.13. The third-order valence-electron chi connectivity index (χ3n) is 2.44. The van der Waals surface area contributed by atoms with Crippen molar-refractivity contribution in [2.24, 2.45) is 0 Å². The molecule has 1 aromatic carbocycles. The number of benzene rings is 1. The van der Waals surface area contributed by atoms with Crippen LogP contribution in [0.15, 0.2) is 18.2 Å². The average Bonchev–Trinajstić information content (AvgIpc) is 2.92. The van der Waals surface area contributed by atoms with Gasteiger partial charge < -0.3 is 4.74 Å². The molecule has 0 aromatic heterocycles. The molecule has 1 aliphatic rings. The molecule has 0 unspecified atom stereocenters. The molecular formula is C12H15FO. The number of ether oxygens (including phenoxy) is 1. The van der Waals surface area contributed by atoms with E-state index in [9.17, 15) is 4.39 Å². The Labute approximate surface area is 83.9 Å². The second kappa shape index (κ2) is 3.60. The third kappa shape index (κ3) is 2.06. The molecule has 0 N–H and O–H groups in total. The Morgan fingerprint density at radius 1 is 1.36 bits per heavy atom. The molecule has 1 aliphatic carbocycles. The van der Waals surface area contributed by atoms with Gasteiger partial charge in [-0.3, -0.25) is 0 Å². The van der Waals surface area contributed by atoms with Crippen molar-refractivity contribution in [1.82, 2.24) is 0 Å². The second-order valence-corrected chi connectivity index (χ2v) is 4.16. The van der Waals surface area contributed by atoms with Crippen LogP contribution in [0.5, 0.6) is 5.75 Å². The molecule has 1 fully saturated rings. The van der Waals surface area contributed by atoms with Crippen molar-refractivity contribution < 1.29 is 9.13 Å². The Balaban J connectivity index is 2.17. The highest BCUT2D eigenvalue weighted by Gasteiger charge is 2.24. The first kappa shape index (κ1) is 9.50. The van der Waals surface area contributed by atoms with Gasteiger partial charge in [0.25, 0.3) is 0 Å². The zero-order valence-corrected chi connectivity index (χ0v) is 8.59. The van der Waals surface area contributed by atoms with Gasteiger partial charge in [-0.1, -0.05) is 19.9 Å². The number of hydrogen-bond donors (Lipinski definition) is 0. The van der Waals surface area contributed by atoms with Crippen LogP contribution in [0.4, 0.5) is 4.39 Å². The van der Waals surface area contributed by atoms with Crippen molar-refractivity contribution in [3.8, 4) is 5.75 Å². The summed E-state index contributed by atoms with van der Waals surface area (Å²) in [4.78, 5) is 0. The molecule has 0 bridgehead atoms. The lowest BCUT2D eigenvalue weighted by atomic mass is 10.0. The molecule has 0 aliphatic heterocycles. The van der Waals surface area contributed by atoms with Gasteiger partial charge in [-0.2, -0.15) is 0 Å². The number of hydrogen-bond acceptors (Lipinski definition) is 1. The molecular weight excluding hydrogens is 179 g/mol. The zero-order valence-electron chi connectivity index (χ0n) is 8.59. The molecule has 0 amide bonds. The van der Waals surface area contributed by atoms with Crippen LogP contribution in [0, 0.1) is 5.82 Å². The summed E-state index contributed by atoms with van der Waals surface area (Å²) in [5.74, 6) is 0.527. The first-order valence-electron chi connectivity index (χ1n) is 5.13. The van der Waals surface area contributed by atoms with Crippen LogP contribution in [0.25, 0.3) is 0 Å². The van der Waals surface area contributed by atoms with Crippen LogP contribution < -0.4 is 4.74 Å². The lowest BCUT2D eigenvalue weighted by molar-refractivity contribution is 0.287. The van der Waals surface area contributed by atoms with Crippen molar-refractivity contribution in [1.29, 1.82) is 0 Å². The van der Waals surface area contributed by atoms with Crippen LogP contribution in [-0.4, -0.2) is 6.10 Å². The Morgan fingerprint density at radius 3 is 2.57 bits per heavy atom. The topological polar surface area (TPSA) is 9.23 Å². The highest BCUT2D eigenvalue weighted by molar-refractivity contribution is 5.31. The minimum atomic E-state index is -0.233. The summed E-state index contributed by atoms with van der Waals surface area (Å²) in [6.07, 6.45) is 2.38. The normalized spacial score (nSPS) is 16.0. The van der Waals surface area contributed by atoms with Crippen molar-refractivity contribution in [3.63, 3.8) is 0 Å². The molecule has 0 radical (unpaired) electrons. The summed E-state index contributed by atoms with van der Waals surface area (Å²) in [7, 11) is 0. The van der Waals surface area contributed by atoms with Crippen LogP contribution in [0.1, 0.15) is 38.2 Å². The Kier molecular flexibility index (Phi) is 2.44. The molecule has 1 aromatic rings. The third-order valence-corrected chi connectivity index (χ3v) is 2.44. The molecule has 2 heteroatoms. The summed E-state index contributed by atoms with van der Waals surface area (Å²) < 4.78 is 18.9. The predicted octanol–water partition coefficient (Wildman–Crippen LogP) is 3.49. The zero-order chi connectivity index (χ0) is 10.1. The highest BCUT2D eigenvalue weighted by Crippen LogP contribution is 2.29. The van der Waals surface area contributed by atoms with Crippen molar-refractivity contribution in [2.45, 2.75) is 38.7 Å². The standard InChI is InChI=1S/C12H15FO/c1-8(2)9-3-6-12(11(13)7-9)14-10-4-5-10/h3,6-8,10H,4-5H2,1-2H3. The highest BCUT2D eigenvalue weighted by atomic mass is 19.1. The van der Waals surface area contributed by atoms with Gasteiger partial charge in [0.05, 0.1) is 6.10 Å². The van der Waals surface area contributed by atoms with Crippen molar-refractivity contribution in [3.05, 3.63) is 29.6 Å². The number of rotatable bonds is 3. The first-order chi connectivity index (χ1) is 6.66. The summed E-state index contributed by atoms with van der Waals surface area (Å²) in [5, 5.41) is 0. The summed E-state index contributed by atoms with van der Waals surface area (Å²) in [5.41, 5.74) is 1.02. The Morgan fingerprint density at radius 2 is 2.07 bits per heavy atom. The molecule has 76 valence electrons. The van der Waals surface area contributed by atoms with Gasteiger partial charge in [0.2, 0.25) is 0 Å². The van der Waals surface area contributed by atoms with Crippen LogP contribution >= 0.6 is 0 Å². The van der Waals surface area contributed by atoms with E-state index in [1.165, 1.54) is 0 Å². The molecule has 1 nitrogen and oxygen atoms in total. The van der Waals surface area contributed by atoms with E-state index in [2.05, 4.69) is 13.8 Å². The summed E-state index contributed by atoms with van der Waals surface area (Å²) in [6, 6.07) is 5.25. The van der Waals surface area contributed by atoms with E-state index in [1.807, 2.05) is 6.07 Å². The van der Waals surface area contributed by atoms with Crippen LogP contribution in [0.2, 0.25) is 0 Å². The Hall–Kier alpha value is -1.05. The molecule has 1 saturated carbocycles. The van der Waals surface area contributed by atoms with Gasteiger partial charge in [0.1, 0.15) is 0 Å². The van der Waals surface area contributed by atoms with Gasteiger partial charge in [-0.25, -0.2) is 4.39 Å². The Bertz CT molecular complexity index is 329. The quantitative estimate of drug-likeness (QED) is 0.715. The number of halogens is 1.